The lowest BCUT2D eigenvalue weighted by Crippen LogP contribution is -2.45. The fraction of sp³-hybridized carbons (Fsp3) is 0.846. The van der Waals surface area contributed by atoms with Crippen molar-refractivity contribution in [3.8, 4) is 0 Å². The lowest BCUT2D eigenvalue weighted by molar-refractivity contribution is -0.137. The van der Waals surface area contributed by atoms with Crippen LogP contribution < -0.4 is 5.32 Å². The number of nitrogens with zero attached hydrogens (tertiary/aromatic N) is 1. The highest BCUT2D eigenvalue weighted by molar-refractivity contribution is 5.79. The highest BCUT2D eigenvalue weighted by atomic mass is 16.4. The number of carboxylic acids is 1. The van der Waals surface area contributed by atoms with Gasteiger partial charge in [0.1, 0.15) is 6.54 Å². The molecule has 0 aromatic carbocycles. The van der Waals surface area contributed by atoms with Gasteiger partial charge in [0.15, 0.2) is 0 Å². The van der Waals surface area contributed by atoms with Gasteiger partial charge in [-0.1, -0.05) is 19.8 Å². The molecule has 0 aromatic rings. The van der Waals surface area contributed by atoms with Crippen molar-refractivity contribution in [2.45, 2.75) is 51.5 Å². The number of carboxylic acid groups (broad SMARTS) is 1. The van der Waals surface area contributed by atoms with Crippen LogP contribution in [0.3, 0.4) is 0 Å². The molecule has 0 atom stereocenters. The maximum atomic E-state index is 11.7. The van der Waals surface area contributed by atoms with Crippen LogP contribution in [0.5, 0.6) is 0 Å². The van der Waals surface area contributed by atoms with Gasteiger partial charge in [0.25, 0.3) is 0 Å². The summed E-state index contributed by atoms with van der Waals surface area (Å²) < 4.78 is 0. The third kappa shape index (κ3) is 4.94. The second kappa shape index (κ2) is 7.24. The molecule has 5 heteroatoms. The number of likely N-dealkylation sites (N-methyl/N-ethyl adjacent to an activating group) is 1. The first-order valence-corrected chi connectivity index (χ1v) is 6.76. The molecular weight excluding hydrogens is 232 g/mol. The lowest BCUT2D eigenvalue weighted by Gasteiger charge is -2.30. The van der Waals surface area contributed by atoms with Crippen LogP contribution >= 0.6 is 0 Å². The number of carbonyl (C=O) groups excluding carboxylic acids is 1. The minimum absolute atomic E-state index is 0.210. The van der Waals surface area contributed by atoms with Gasteiger partial charge in [0.2, 0.25) is 0 Å². The SMILES string of the molecule is CCCC1CCC(NC(=O)N(C)CC(=O)O)CC1. The van der Waals surface area contributed by atoms with Crippen LogP contribution in [0, 0.1) is 5.92 Å². The highest BCUT2D eigenvalue weighted by Gasteiger charge is 2.23. The maximum Gasteiger partial charge on any atom is 0.323 e. The number of aliphatic carboxylic acids is 1. The molecule has 0 aromatic heterocycles. The standard InChI is InChI=1S/C13H24N2O3/c1-3-4-10-5-7-11(8-6-10)14-13(18)15(2)9-12(16)17/h10-11H,3-9H2,1-2H3,(H,14,18)(H,16,17). The molecule has 1 aliphatic carbocycles. The van der Waals surface area contributed by atoms with Crippen LogP contribution in [0.2, 0.25) is 0 Å². The van der Waals surface area contributed by atoms with Crippen molar-refractivity contribution in [1.29, 1.82) is 0 Å². The van der Waals surface area contributed by atoms with E-state index in [1.165, 1.54) is 37.6 Å². The van der Waals surface area contributed by atoms with Crippen molar-refractivity contribution < 1.29 is 14.7 Å². The molecule has 1 rings (SSSR count). The molecule has 1 fully saturated rings. The highest BCUT2D eigenvalue weighted by Crippen LogP contribution is 2.27. The van der Waals surface area contributed by atoms with E-state index in [0.717, 1.165) is 18.8 Å². The summed E-state index contributed by atoms with van der Waals surface area (Å²) >= 11 is 0. The van der Waals surface area contributed by atoms with Gasteiger partial charge in [0.05, 0.1) is 0 Å². The first-order chi connectivity index (χ1) is 8.52. The molecular formula is C13H24N2O3. The molecule has 104 valence electrons. The Balaban J connectivity index is 2.27. The summed E-state index contributed by atoms with van der Waals surface area (Å²) in [5, 5.41) is 11.5. The molecule has 5 nitrogen and oxygen atoms in total. The van der Waals surface area contributed by atoms with E-state index >= 15 is 0 Å². The Labute approximate surface area is 109 Å². The number of amides is 2. The zero-order chi connectivity index (χ0) is 13.5. The molecule has 18 heavy (non-hydrogen) atoms. The van der Waals surface area contributed by atoms with E-state index < -0.39 is 5.97 Å². The van der Waals surface area contributed by atoms with Gasteiger partial charge in [-0.2, -0.15) is 0 Å². The van der Waals surface area contributed by atoms with Gasteiger partial charge in [-0.25, -0.2) is 4.79 Å². The fourth-order valence-electron chi connectivity index (χ4n) is 2.56. The van der Waals surface area contributed by atoms with Crippen LogP contribution in [0.15, 0.2) is 0 Å². The van der Waals surface area contributed by atoms with Crippen molar-refractivity contribution >= 4 is 12.0 Å². The first kappa shape index (κ1) is 14.8. The van der Waals surface area contributed by atoms with Crippen LogP contribution in [0.1, 0.15) is 45.4 Å². The van der Waals surface area contributed by atoms with Gasteiger partial charge < -0.3 is 15.3 Å². The summed E-state index contributed by atoms with van der Waals surface area (Å²) in [6.45, 7) is 1.95. The first-order valence-electron chi connectivity index (χ1n) is 6.76. The molecule has 0 spiro atoms. The van der Waals surface area contributed by atoms with Crippen molar-refractivity contribution in [3.05, 3.63) is 0 Å². The molecule has 0 saturated heterocycles. The molecule has 0 aliphatic heterocycles. The number of hydrogen-bond donors (Lipinski definition) is 2. The van der Waals surface area contributed by atoms with Crippen LogP contribution in [0.25, 0.3) is 0 Å². The predicted octanol–water partition coefficient (Wildman–Crippen LogP) is 2.07. The quantitative estimate of drug-likeness (QED) is 0.791. The normalized spacial score (nSPS) is 23.4. The van der Waals surface area contributed by atoms with Crippen molar-refractivity contribution in [2.24, 2.45) is 5.92 Å². The summed E-state index contributed by atoms with van der Waals surface area (Å²) in [5.41, 5.74) is 0. The van der Waals surface area contributed by atoms with Crippen LogP contribution in [0.4, 0.5) is 4.79 Å². The van der Waals surface area contributed by atoms with Crippen molar-refractivity contribution in [2.75, 3.05) is 13.6 Å². The number of carbonyl (C=O) groups is 2. The molecule has 0 heterocycles. The Bertz CT molecular complexity index is 286. The van der Waals surface area contributed by atoms with Gasteiger partial charge >= 0.3 is 12.0 Å². The van der Waals surface area contributed by atoms with Crippen molar-refractivity contribution in [3.63, 3.8) is 0 Å². The second-order valence-electron chi connectivity index (χ2n) is 5.21. The molecule has 0 radical (unpaired) electrons. The average Bonchev–Trinajstić information content (AvgIpc) is 2.31. The number of rotatable bonds is 5. The topological polar surface area (TPSA) is 69.6 Å². The third-order valence-corrected chi connectivity index (χ3v) is 3.59. The van der Waals surface area contributed by atoms with Crippen molar-refractivity contribution in [1.82, 2.24) is 10.2 Å². The summed E-state index contributed by atoms with van der Waals surface area (Å²) in [4.78, 5) is 23.4. The largest absolute Gasteiger partial charge is 0.480 e. The zero-order valence-corrected chi connectivity index (χ0v) is 11.3. The van der Waals surface area contributed by atoms with Gasteiger partial charge in [-0.3, -0.25) is 4.79 Å². The monoisotopic (exact) mass is 256 g/mol. The molecule has 0 bridgehead atoms. The number of nitrogens with one attached hydrogen (secondary N) is 1. The molecule has 2 N–H and O–H groups in total. The van der Waals surface area contributed by atoms with Crippen LogP contribution in [-0.2, 0) is 4.79 Å². The van der Waals surface area contributed by atoms with E-state index in [2.05, 4.69) is 12.2 Å². The Hall–Kier alpha value is -1.26. The van der Waals surface area contributed by atoms with Crippen LogP contribution in [-0.4, -0.2) is 41.6 Å². The number of urea groups is 1. The third-order valence-electron chi connectivity index (χ3n) is 3.59. The van der Waals surface area contributed by atoms with E-state index in [0.29, 0.717) is 0 Å². The van der Waals surface area contributed by atoms with E-state index in [1.807, 2.05) is 0 Å². The minimum atomic E-state index is -0.987. The summed E-state index contributed by atoms with van der Waals surface area (Å²) in [6, 6.07) is -0.0711. The summed E-state index contributed by atoms with van der Waals surface area (Å²) in [6.07, 6.45) is 6.86. The Morgan fingerprint density at radius 3 is 2.39 bits per heavy atom. The van der Waals surface area contributed by atoms with Gasteiger partial charge in [-0.05, 0) is 31.6 Å². The minimum Gasteiger partial charge on any atom is -0.480 e. The summed E-state index contributed by atoms with van der Waals surface area (Å²) in [5.74, 6) is -0.181. The maximum absolute atomic E-state index is 11.7. The fourth-order valence-corrected chi connectivity index (χ4v) is 2.56. The Kier molecular flexibility index (Phi) is 5.95. The van der Waals surface area contributed by atoms with E-state index in [4.69, 9.17) is 5.11 Å². The molecule has 1 saturated carbocycles. The van der Waals surface area contributed by atoms with Gasteiger partial charge in [-0.15, -0.1) is 0 Å². The van der Waals surface area contributed by atoms with E-state index in [9.17, 15) is 9.59 Å². The molecule has 0 unspecified atom stereocenters. The zero-order valence-electron chi connectivity index (χ0n) is 11.3. The predicted molar refractivity (Wildman–Crippen MR) is 69.5 cm³/mol. The smallest absolute Gasteiger partial charge is 0.323 e. The number of hydrogen-bond acceptors (Lipinski definition) is 2. The summed E-state index contributed by atoms with van der Waals surface area (Å²) in [7, 11) is 1.51. The average molecular weight is 256 g/mol. The Morgan fingerprint density at radius 1 is 1.28 bits per heavy atom. The molecule has 2 amide bonds. The molecule has 1 aliphatic rings. The lowest BCUT2D eigenvalue weighted by atomic mass is 9.83. The second-order valence-corrected chi connectivity index (χ2v) is 5.21. The van der Waals surface area contributed by atoms with Gasteiger partial charge in [0, 0.05) is 13.1 Å². The van der Waals surface area contributed by atoms with E-state index in [1.54, 1.807) is 0 Å². The van der Waals surface area contributed by atoms with E-state index in [-0.39, 0.29) is 18.6 Å². The Morgan fingerprint density at radius 2 is 1.89 bits per heavy atom.